The number of hydrogen-bond acceptors (Lipinski definition) is 8. The second kappa shape index (κ2) is 11.1. The molecule has 0 atom stereocenters. The van der Waals surface area contributed by atoms with Gasteiger partial charge >= 0.3 is 0 Å². The van der Waals surface area contributed by atoms with Gasteiger partial charge in [-0.2, -0.15) is 0 Å². The lowest BCUT2D eigenvalue weighted by atomic mass is 9.98. The molecule has 202 valence electrons. The molecule has 0 unspecified atom stereocenters. The van der Waals surface area contributed by atoms with Gasteiger partial charge in [-0.3, -0.25) is 14.7 Å². The van der Waals surface area contributed by atoms with Crippen LogP contribution in [0.3, 0.4) is 0 Å². The Labute approximate surface area is 226 Å². The maximum Gasteiger partial charge on any atom is 0.239 e. The van der Waals surface area contributed by atoms with Crippen LogP contribution in [0.2, 0.25) is 0 Å². The minimum absolute atomic E-state index is 0.198. The van der Waals surface area contributed by atoms with Gasteiger partial charge in [0.25, 0.3) is 0 Å². The van der Waals surface area contributed by atoms with Crippen molar-refractivity contribution in [2.75, 3.05) is 44.7 Å². The Hall–Kier alpha value is -3.89. The number of hydrogen-bond donors (Lipinski definition) is 1. The van der Waals surface area contributed by atoms with Crippen molar-refractivity contribution in [1.82, 2.24) is 24.5 Å². The van der Waals surface area contributed by atoms with Crippen LogP contribution in [0.5, 0.6) is 11.6 Å². The number of nitrogens with zero attached hydrogens (tertiary/aromatic N) is 5. The summed E-state index contributed by atoms with van der Waals surface area (Å²) >= 11 is 0. The zero-order valence-electron chi connectivity index (χ0n) is 21.9. The number of aromatic nitrogens is 4. The number of carbonyl (C=O) groups is 1. The van der Waals surface area contributed by atoms with E-state index in [2.05, 4.69) is 25.3 Å². The Kier molecular flexibility index (Phi) is 7.21. The number of Topliss-reactive ketones (excluding diaryl/α,β-unsaturated/α-hetero) is 1. The van der Waals surface area contributed by atoms with Crippen molar-refractivity contribution in [1.29, 1.82) is 0 Å². The maximum absolute atomic E-state index is 13.8. The molecule has 2 aliphatic rings. The normalized spacial score (nSPS) is 15.9. The van der Waals surface area contributed by atoms with Crippen molar-refractivity contribution in [3.05, 3.63) is 65.9 Å². The summed E-state index contributed by atoms with van der Waals surface area (Å²) in [6.07, 6.45) is 7.24. The molecular weight excluding hydrogens is 499 g/mol. The van der Waals surface area contributed by atoms with E-state index in [4.69, 9.17) is 9.47 Å². The van der Waals surface area contributed by atoms with Gasteiger partial charge in [0.15, 0.2) is 17.2 Å². The molecule has 4 aromatic rings. The van der Waals surface area contributed by atoms with Crippen molar-refractivity contribution in [2.24, 2.45) is 5.92 Å². The number of benzene rings is 1. The average molecular weight is 531 g/mol. The lowest BCUT2D eigenvalue weighted by Crippen LogP contribution is -2.39. The van der Waals surface area contributed by atoms with Crippen LogP contribution >= 0.6 is 0 Å². The van der Waals surface area contributed by atoms with Crippen molar-refractivity contribution in [3.63, 3.8) is 0 Å². The fourth-order valence-corrected chi connectivity index (χ4v) is 4.90. The van der Waals surface area contributed by atoms with Gasteiger partial charge in [0.2, 0.25) is 5.88 Å². The Morgan fingerprint density at radius 1 is 1.15 bits per heavy atom. The molecule has 0 radical (unpaired) electrons. The minimum Gasteiger partial charge on any atom is -0.436 e. The Morgan fingerprint density at radius 3 is 2.77 bits per heavy atom. The molecule has 2 fully saturated rings. The summed E-state index contributed by atoms with van der Waals surface area (Å²) in [5.41, 5.74) is 4.73. The number of carbonyl (C=O) groups excluding carboxylic acids is 1. The summed E-state index contributed by atoms with van der Waals surface area (Å²) in [4.78, 5) is 23.6. The number of fused-ring (bicyclic) bond motifs is 1. The van der Waals surface area contributed by atoms with Crippen LogP contribution in [0.1, 0.15) is 35.2 Å². The highest BCUT2D eigenvalue weighted by Gasteiger charge is 2.25. The second-order valence-corrected chi connectivity index (χ2v) is 10.2. The van der Waals surface area contributed by atoms with Gasteiger partial charge in [0, 0.05) is 55.9 Å². The first kappa shape index (κ1) is 25.4. The topological polar surface area (TPSA) is 93.9 Å². The van der Waals surface area contributed by atoms with Crippen molar-refractivity contribution >= 4 is 17.1 Å². The van der Waals surface area contributed by atoms with E-state index < -0.39 is 5.82 Å². The average Bonchev–Trinajstić information content (AvgIpc) is 3.64. The molecule has 9 nitrogen and oxygen atoms in total. The smallest absolute Gasteiger partial charge is 0.239 e. The van der Waals surface area contributed by atoms with Crippen LogP contribution in [0, 0.1) is 18.7 Å². The molecule has 1 aliphatic carbocycles. The van der Waals surface area contributed by atoms with E-state index in [1.165, 1.54) is 12.3 Å². The van der Waals surface area contributed by atoms with Gasteiger partial charge in [-0.25, -0.2) is 13.9 Å². The summed E-state index contributed by atoms with van der Waals surface area (Å²) in [5.74, 6) is 0.769. The summed E-state index contributed by atoms with van der Waals surface area (Å²) < 4.78 is 26.8. The summed E-state index contributed by atoms with van der Waals surface area (Å²) in [5, 5.41) is 8.15. The standard InChI is InChI=1S/C29H31FN6O3/c1-19-12-21(4-5-24(19)27(37)13-20-2-3-20)26-18-33-29-25(32-6-7-35-8-10-38-11-9-35)15-28(34-36(26)29)39-23-14-22(30)16-31-17-23/h4-5,12,14-18,20,32H,2-3,6-11,13H2,1H3. The monoisotopic (exact) mass is 530 g/mol. The third-order valence-corrected chi connectivity index (χ3v) is 7.19. The highest BCUT2D eigenvalue weighted by Crippen LogP contribution is 2.35. The zero-order chi connectivity index (χ0) is 26.8. The van der Waals surface area contributed by atoms with Crippen LogP contribution in [0.4, 0.5) is 10.1 Å². The number of pyridine rings is 1. The molecule has 1 N–H and O–H groups in total. The molecule has 39 heavy (non-hydrogen) atoms. The highest BCUT2D eigenvalue weighted by molar-refractivity contribution is 5.98. The van der Waals surface area contributed by atoms with E-state index in [0.717, 1.165) is 80.0 Å². The summed E-state index contributed by atoms with van der Waals surface area (Å²) in [6.45, 7) is 6.80. The molecule has 1 aromatic carbocycles. The molecule has 3 aromatic heterocycles. The number of halogens is 1. The van der Waals surface area contributed by atoms with Crippen LogP contribution in [0.25, 0.3) is 16.9 Å². The Balaban J connectivity index is 1.31. The number of aryl methyl sites for hydroxylation is 1. The summed E-state index contributed by atoms with van der Waals surface area (Å²) in [6, 6.07) is 8.87. The van der Waals surface area contributed by atoms with Crippen molar-refractivity contribution in [2.45, 2.75) is 26.2 Å². The predicted octanol–water partition coefficient (Wildman–Crippen LogP) is 4.76. The van der Waals surface area contributed by atoms with E-state index in [-0.39, 0.29) is 17.4 Å². The molecule has 0 amide bonds. The zero-order valence-corrected chi connectivity index (χ0v) is 21.9. The first-order chi connectivity index (χ1) is 19.0. The van der Waals surface area contributed by atoms with Gasteiger partial charge < -0.3 is 14.8 Å². The van der Waals surface area contributed by atoms with Gasteiger partial charge in [0.05, 0.1) is 43.2 Å². The first-order valence-electron chi connectivity index (χ1n) is 13.4. The minimum atomic E-state index is -0.493. The summed E-state index contributed by atoms with van der Waals surface area (Å²) in [7, 11) is 0. The van der Waals surface area contributed by atoms with E-state index in [9.17, 15) is 9.18 Å². The fraction of sp³-hybridized carbons (Fsp3) is 0.379. The molecule has 1 aliphatic heterocycles. The van der Waals surface area contributed by atoms with Crippen LogP contribution in [-0.4, -0.2) is 69.7 Å². The van der Waals surface area contributed by atoms with Gasteiger partial charge in [-0.05, 0) is 37.3 Å². The lowest BCUT2D eigenvalue weighted by molar-refractivity contribution is 0.0398. The maximum atomic E-state index is 13.8. The molecule has 4 heterocycles. The Bertz CT molecular complexity index is 1500. The molecule has 1 saturated heterocycles. The number of nitrogens with one attached hydrogen (secondary N) is 1. The SMILES string of the molecule is Cc1cc(-c2cnc3c(NCCN4CCOCC4)cc(Oc4cncc(F)c4)nn23)ccc1C(=O)CC1CC1. The molecule has 0 bridgehead atoms. The van der Waals surface area contributed by atoms with E-state index in [1.54, 1.807) is 16.8 Å². The van der Waals surface area contributed by atoms with Crippen molar-refractivity contribution in [3.8, 4) is 22.9 Å². The number of rotatable bonds is 10. The van der Waals surface area contributed by atoms with E-state index in [0.29, 0.717) is 24.5 Å². The lowest BCUT2D eigenvalue weighted by Gasteiger charge is -2.26. The van der Waals surface area contributed by atoms with Crippen molar-refractivity contribution < 1.29 is 18.7 Å². The molecule has 10 heteroatoms. The quantitative estimate of drug-likeness (QED) is 0.294. The van der Waals surface area contributed by atoms with Crippen LogP contribution < -0.4 is 10.1 Å². The van der Waals surface area contributed by atoms with Crippen LogP contribution in [-0.2, 0) is 4.74 Å². The van der Waals surface area contributed by atoms with E-state index in [1.807, 2.05) is 25.1 Å². The Morgan fingerprint density at radius 2 is 2.00 bits per heavy atom. The molecule has 1 saturated carbocycles. The van der Waals surface area contributed by atoms with Gasteiger partial charge in [-0.15, -0.1) is 5.10 Å². The molecular formula is C29H31FN6O3. The number of anilines is 1. The molecule has 0 spiro atoms. The third-order valence-electron chi connectivity index (χ3n) is 7.19. The number of ketones is 1. The second-order valence-electron chi connectivity index (χ2n) is 10.2. The fourth-order valence-electron chi connectivity index (χ4n) is 4.90. The molecule has 6 rings (SSSR count). The third kappa shape index (κ3) is 5.91. The first-order valence-corrected chi connectivity index (χ1v) is 13.4. The van der Waals surface area contributed by atoms with Gasteiger partial charge in [0.1, 0.15) is 5.82 Å². The predicted molar refractivity (Wildman–Crippen MR) is 145 cm³/mol. The van der Waals surface area contributed by atoms with Gasteiger partial charge in [-0.1, -0.05) is 12.1 Å². The largest absolute Gasteiger partial charge is 0.436 e. The number of imidazole rings is 1. The number of morpholine rings is 1. The highest BCUT2D eigenvalue weighted by atomic mass is 19.1. The van der Waals surface area contributed by atoms with E-state index >= 15 is 0 Å². The number of ether oxygens (including phenoxy) is 2. The van der Waals surface area contributed by atoms with Crippen LogP contribution in [0.15, 0.2) is 48.9 Å².